The lowest BCUT2D eigenvalue weighted by molar-refractivity contribution is -0.165. The highest BCUT2D eigenvalue weighted by Crippen LogP contribution is 2.26. The van der Waals surface area contributed by atoms with Crippen molar-refractivity contribution in [3.63, 3.8) is 0 Å². The summed E-state index contributed by atoms with van der Waals surface area (Å²) in [6.07, 6.45) is -3.89. The van der Waals surface area contributed by atoms with E-state index < -0.39 is 34.2 Å². The number of aliphatic hydroxyl groups excluding tert-OH is 2. The largest absolute Gasteiger partial charge is 0.495 e. The molecule has 0 aromatic heterocycles. The number of hydrogen-bond acceptors (Lipinski definition) is 10. The van der Waals surface area contributed by atoms with Gasteiger partial charge in [0, 0.05) is 12.6 Å². The number of rotatable bonds is 14. The van der Waals surface area contributed by atoms with E-state index in [9.17, 15) is 18.0 Å². The van der Waals surface area contributed by atoms with E-state index in [-0.39, 0.29) is 29.1 Å². The number of hydrogen-bond donors (Lipinski definition) is 6. The molecule has 0 aliphatic rings. The second kappa shape index (κ2) is 17.4. The molecule has 13 nitrogen and oxygen atoms in total. The van der Waals surface area contributed by atoms with Crippen molar-refractivity contribution in [2.75, 3.05) is 26.9 Å². The van der Waals surface area contributed by atoms with Crippen LogP contribution in [0.25, 0.3) is 0 Å². The number of nitrogens with one attached hydrogen (secondary N) is 1. The van der Waals surface area contributed by atoms with Crippen molar-refractivity contribution in [1.29, 1.82) is 0 Å². The van der Waals surface area contributed by atoms with Crippen LogP contribution in [0, 0.1) is 0 Å². The average Bonchev–Trinajstić information content (AvgIpc) is 2.86. The zero-order valence-electron chi connectivity index (χ0n) is 21.6. The van der Waals surface area contributed by atoms with E-state index >= 15 is 0 Å². The fourth-order valence-electron chi connectivity index (χ4n) is 3.08. The number of primary sulfonamides is 1. The quantitative estimate of drug-likeness (QED) is 0.166. The number of methoxy groups -OCH3 is 1. The van der Waals surface area contributed by atoms with Gasteiger partial charge in [0.1, 0.15) is 17.3 Å². The third-order valence-electron chi connectivity index (χ3n) is 4.88. The van der Waals surface area contributed by atoms with Crippen LogP contribution in [0.15, 0.2) is 47.4 Å². The van der Waals surface area contributed by atoms with Crippen LogP contribution in [0.3, 0.4) is 0 Å². The number of carboxylic acid groups (broad SMARTS) is 2. The van der Waals surface area contributed by atoms with Crippen LogP contribution in [0.5, 0.6) is 17.2 Å². The van der Waals surface area contributed by atoms with Crippen molar-refractivity contribution in [3.05, 3.63) is 48.0 Å². The minimum atomic E-state index is -3.84. The normalized spacial score (nSPS) is 13.0. The first-order valence-corrected chi connectivity index (χ1v) is 13.0. The van der Waals surface area contributed by atoms with Crippen LogP contribution in [0.4, 0.5) is 0 Å². The van der Waals surface area contributed by atoms with Crippen molar-refractivity contribution < 1.29 is 52.6 Å². The SMILES string of the molecule is CCOc1ccccc1OCCN[C@H](C)Cc1ccc(OC)c(S(N)(=O)=O)c1.Cl.O=C(O)C(O)C(O)C(=O)O. The molecule has 2 unspecified atom stereocenters. The molecule has 0 aliphatic heterocycles. The van der Waals surface area contributed by atoms with Crippen molar-refractivity contribution in [3.8, 4) is 17.2 Å². The molecule has 39 heavy (non-hydrogen) atoms. The van der Waals surface area contributed by atoms with Gasteiger partial charge in [-0.15, -0.1) is 12.4 Å². The summed E-state index contributed by atoms with van der Waals surface area (Å²) in [5, 5.41) is 41.2. The maximum Gasteiger partial charge on any atom is 0.335 e. The number of carbonyl (C=O) groups is 2. The molecule has 7 N–H and O–H groups in total. The Labute approximate surface area is 233 Å². The molecule has 0 saturated carbocycles. The van der Waals surface area contributed by atoms with Crippen LogP contribution >= 0.6 is 12.4 Å². The Kier molecular flexibility index (Phi) is 16.0. The van der Waals surface area contributed by atoms with Gasteiger partial charge in [-0.2, -0.15) is 0 Å². The van der Waals surface area contributed by atoms with E-state index in [0.29, 0.717) is 31.9 Å². The number of sulfonamides is 1. The first kappa shape index (κ1) is 35.9. The highest BCUT2D eigenvalue weighted by atomic mass is 35.5. The van der Waals surface area contributed by atoms with Crippen molar-refractivity contribution in [1.82, 2.24) is 5.32 Å². The average molecular weight is 595 g/mol. The lowest BCUT2D eigenvalue weighted by Gasteiger charge is -2.16. The number of nitrogens with two attached hydrogens (primary N) is 1. The molecule has 3 atom stereocenters. The van der Waals surface area contributed by atoms with Gasteiger partial charge in [0.25, 0.3) is 0 Å². The van der Waals surface area contributed by atoms with E-state index in [2.05, 4.69) is 5.32 Å². The summed E-state index contributed by atoms with van der Waals surface area (Å²) in [6, 6.07) is 12.7. The molecule has 0 heterocycles. The van der Waals surface area contributed by atoms with Crippen molar-refractivity contribution in [2.45, 2.75) is 43.4 Å². The monoisotopic (exact) mass is 594 g/mol. The molecule has 0 spiro atoms. The molecule has 2 aromatic rings. The number of ether oxygens (including phenoxy) is 3. The first-order valence-electron chi connectivity index (χ1n) is 11.4. The molecular formula is C24H35ClN2O11S. The molecule has 0 saturated heterocycles. The first-order chi connectivity index (χ1) is 17.8. The van der Waals surface area contributed by atoms with Gasteiger partial charge in [-0.25, -0.2) is 23.1 Å². The second-order valence-electron chi connectivity index (χ2n) is 7.88. The highest BCUT2D eigenvalue weighted by molar-refractivity contribution is 7.89. The van der Waals surface area contributed by atoms with Gasteiger partial charge in [0.2, 0.25) is 10.0 Å². The van der Waals surface area contributed by atoms with E-state index in [1.165, 1.54) is 7.11 Å². The molecule has 0 amide bonds. The zero-order valence-corrected chi connectivity index (χ0v) is 23.3. The topological polar surface area (TPSA) is 215 Å². The smallest absolute Gasteiger partial charge is 0.335 e. The third-order valence-corrected chi connectivity index (χ3v) is 5.82. The minimum absolute atomic E-state index is 0. The number of benzene rings is 2. The standard InChI is InChI=1S/C20H28N2O5S.C4H6O6.ClH/c1-4-26-17-7-5-6-8-18(17)27-12-11-22-15(2)13-16-9-10-19(25-3)20(14-16)28(21,23)24;5-1(3(7)8)2(6)4(9)10;/h5-10,14-15,22H,4,11-13H2,1-3H3,(H2,21,23,24);1-2,5-6H,(H,7,8)(H,9,10);1H/t15-;;/m1../s1. The molecule has 0 fully saturated rings. The van der Waals surface area contributed by atoms with Gasteiger partial charge in [0.05, 0.1) is 13.7 Å². The number of halogens is 1. The summed E-state index contributed by atoms with van der Waals surface area (Å²) < 4.78 is 39.9. The Morgan fingerprint density at radius 2 is 1.51 bits per heavy atom. The van der Waals surface area contributed by atoms with Gasteiger partial charge in [-0.1, -0.05) is 18.2 Å². The Morgan fingerprint density at radius 1 is 0.974 bits per heavy atom. The summed E-state index contributed by atoms with van der Waals surface area (Å²) in [4.78, 5) is 19.5. The summed E-state index contributed by atoms with van der Waals surface area (Å²) in [6.45, 7) is 5.66. The van der Waals surface area contributed by atoms with Gasteiger partial charge in [0.15, 0.2) is 23.7 Å². The Bertz CT molecular complexity index is 1150. The lowest BCUT2D eigenvalue weighted by atomic mass is 10.1. The molecule has 15 heteroatoms. The number of para-hydroxylation sites is 2. The molecule has 0 bridgehead atoms. The van der Waals surface area contributed by atoms with Crippen LogP contribution in [0.1, 0.15) is 19.4 Å². The summed E-state index contributed by atoms with van der Waals surface area (Å²) in [5.74, 6) is -1.85. The number of aliphatic carboxylic acids is 2. The molecular weight excluding hydrogens is 560 g/mol. The van der Waals surface area contributed by atoms with Crippen molar-refractivity contribution in [2.24, 2.45) is 5.14 Å². The zero-order chi connectivity index (χ0) is 28.9. The van der Waals surface area contributed by atoms with Crippen LogP contribution in [-0.2, 0) is 26.0 Å². The molecule has 2 rings (SSSR count). The van der Waals surface area contributed by atoms with E-state index in [1.54, 1.807) is 12.1 Å². The highest BCUT2D eigenvalue weighted by Gasteiger charge is 2.29. The molecule has 0 radical (unpaired) electrons. The molecule has 0 aliphatic carbocycles. The Morgan fingerprint density at radius 3 is 1.97 bits per heavy atom. The second-order valence-corrected chi connectivity index (χ2v) is 9.41. The Balaban J connectivity index is 0.00000112. The Hall–Kier alpha value is -3.14. The fourth-order valence-corrected chi connectivity index (χ4v) is 3.82. The minimum Gasteiger partial charge on any atom is -0.495 e. The summed E-state index contributed by atoms with van der Waals surface area (Å²) >= 11 is 0. The van der Waals surface area contributed by atoms with E-state index in [0.717, 1.165) is 11.3 Å². The van der Waals surface area contributed by atoms with Gasteiger partial charge >= 0.3 is 11.9 Å². The lowest BCUT2D eigenvalue weighted by Crippen LogP contribution is -2.39. The van der Waals surface area contributed by atoms with Crippen LogP contribution < -0.4 is 24.7 Å². The van der Waals surface area contributed by atoms with Gasteiger partial charge < -0.3 is 40.0 Å². The predicted octanol–water partition coefficient (Wildman–Crippen LogP) is 0.640. The maximum atomic E-state index is 11.7. The number of carboxylic acids is 2. The third kappa shape index (κ3) is 12.5. The van der Waals surface area contributed by atoms with Crippen LogP contribution in [0.2, 0.25) is 0 Å². The summed E-state index contributed by atoms with van der Waals surface area (Å²) in [7, 11) is -2.43. The summed E-state index contributed by atoms with van der Waals surface area (Å²) in [5.41, 5.74) is 0.854. The van der Waals surface area contributed by atoms with Gasteiger partial charge in [-0.05, 0) is 50.1 Å². The number of aliphatic hydroxyl groups is 2. The predicted molar refractivity (Wildman–Crippen MR) is 143 cm³/mol. The maximum absolute atomic E-state index is 11.7. The molecule has 220 valence electrons. The van der Waals surface area contributed by atoms with Gasteiger partial charge in [-0.3, -0.25) is 0 Å². The molecule has 2 aromatic carbocycles. The van der Waals surface area contributed by atoms with E-state index in [1.807, 2.05) is 44.2 Å². The van der Waals surface area contributed by atoms with Crippen molar-refractivity contribution >= 4 is 34.4 Å². The van der Waals surface area contributed by atoms with Crippen LogP contribution in [-0.4, -0.2) is 85.9 Å². The fraction of sp³-hybridized carbons (Fsp3) is 0.417. The van der Waals surface area contributed by atoms with E-state index in [4.69, 9.17) is 39.8 Å².